The summed E-state index contributed by atoms with van der Waals surface area (Å²) in [5.74, 6) is -1.98. The van der Waals surface area contributed by atoms with Gasteiger partial charge >= 0.3 is 5.97 Å². The molecule has 2 aliphatic heterocycles. The van der Waals surface area contributed by atoms with Gasteiger partial charge in [-0.15, -0.1) is 0 Å². The number of hydrogen-bond acceptors (Lipinski definition) is 8. The van der Waals surface area contributed by atoms with Gasteiger partial charge in [0.2, 0.25) is 11.9 Å². The quantitative estimate of drug-likeness (QED) is 0.134. The Morgan fingerprint density at radius 3 is 1.53 bits per heavy atom. The van der Waals surface area contributed by atoms with Gasteiger partial charge in [0, 0.05) is 0 Å². The summed E-state index contributed by atoms with van der Waals surface area (Å²) in [4.78, 5) is 12.9. The number of rotatable bonds is 14. The van der Waals surface area contributed by atoms with Crippen molar-refractivity contribution >= 4 is 5.97 Å². The highest BCUT2D eigenvalue weighted by Gasteiger charge is 2.74. The Bertz CT molecular complexity index is 1470. The van der Waals surface area contributed by atoms with Crippen LogP contribution in [-0.2, 0) is 64.4 Å². The summed E-state index contributed by atoms with van der Waals surface area (Å²) < 4.78 is 43.9. The van der Waals surface area contributed by atoms with Crippen LogP contribution in [0.3, 0.4) is 0 Å². The van der Waals surface area contributed by atoms with Gasteiger partial charge in [-0.05, 0) is 22.3 Å². The molecule has 2 heterocycles. The lowest BCUT2D eigenvalue weighted by atomic mass is 9.92. The van der Waals surface area contributed by atoms with Crippen molar-refractivity contribution in [3.63, 3.8) is 0 Å². The molecule has 0 amide bonds. The first kappa shape index (κ1) is 31.1. The molecule has 0 aromatic heterocycles. The SMILES string of the molecule is COC(=O)C1O[C@@]12OC(COCc1ccccc1)[C@@H](OCc1ccccc1)C(OCc1ccccc1)C2OCc1ccccc1. The average Bonchev–Trinajstić information content (AvgIpc) is 3.81. The van der Waals surface area contributed by atoms with E-state index in [0.717, 1.165) is 22.3 Å². The van der Waals surface area contributed by atoms with E-state index in [-0.39, 0.29) is 13.2 Å². The van der Waals surface area contributed by atoms with E-state index in [4.69, 9.17) is 33.2 Å². The van der Waals surface area contributed by atoms with Crippen LogP contribution in [0.1, 0.15) is 22.3 Å². The number of esters is 1. The molecule has 6 atom stereocenters. The number of benzene rings is 4. The van der Waals surface area contributed by atoms with E-state index in [9.17, 15) is 4.79 Å². The highest BCUT2D eigenvalue weighted by Crippen LogP contribution is 2.50. The van der Waals surface area contributed by atoms with Gasteiger partial charge in [0.1, 0.15) is 24.4 Å². The molecule has 1 spiro atoms. The maximum absolute atomic E-state index is 12.9. The van der Waals surface area contributed by atoms with Crippen LogP contribution >= 0.6 is 0 Å². The van der Waals surface area contributed by atoms with E-state index >= 15 is 0 Å². The van der Waals surface area contributed by atoms with Crippen LogP contribution in [0.5, 0.6) is 0 Å². The zero-order chi connectivity index (χ0) is 30.9. The van der Waals surface area contributed by atoms with Crippen LogP contribution in [0.4, 0.5) is 0 Å². The second-order valence-electron chi connectivity index (χ2n) is 11.1. The van der Waals surface area contributed by atoms with Crippen LogP contribution in [0, 0.1) is 0 Å². The van der Waals surface area contributed by atoms with Crippen LogP contribution in [0.15, 0.2) is 121 Å². The molecule has 0 bridgehead atoms. The molecule has 0 saturated carbocycles. The van der Waals surface area contributed by atoms with Crippen molar-refractivity contribution in [2.45, 2.75) is 62.7 Å². The van der Waals surface area contributed by atoms with Gasteiger partial charge in [-0.1, -0.05) is 121 Å². The van der Waals surface area contributed by atoms with Crippen molar-refractivity contribution in [3.05, 3.63) is 144 Å². The van der Waals surface area contributed by atoms with Gasteiger partial charge < -0.3 is 33.2 Å². The van der Waals surface area contributed by atoms with Gasteiger partial charge in [-0.2, -0.15) is 0 Å². The Hall–Kier alpha value is -3.89. The predicted molar refractivity (Wildman–Crippen MR) is 166 cm³/mol. The fourth-order valence-electron chi connectivity index (χ4n) is 5.64. The van der Waals surface area contributed by atoms with E-state index in [0.29, 0.717) is 19.8 Å². The van der Waals surface area contributed by atoms with Gasteiger partial charge in [-0.25, -0.2) is 4.79 Å². The van der Waals surface area contributed by atoms with Gasteiger partial charge in [0.15, 0.2) is 0 Å². The van der Waals surface area contributed by atoms with Crippen LogP contribution in [0.2, 0.25) is 0 Å². The molecule has 8 nitrogen and oxygen atoms in total. The number of epoxide rings is 1. The molecule has 4 unspecified atom stereocenters. The fourth-order valence-corrected chi connectivity index (χ4v) is 5.64. The fraction of sp³-hybridized carbons (Fsp3) is 0.324. The Morgan fingerprint density at radius 2 is 1.04 bits per heavy atom. The molecule has 8 heteroatoms. The van der Waals surface area contributed by atoms with Crippen LogP contribution in [0.25, 0.3) is 0 Å². The van der Waals surface area contributed by atoms with Crippen molar-refractivity contribution in [3.8, 4) is 0 Å². The summed E-state index contributed by atoms with van der Waals surface area (Å²) in [5.41, 5.74) is 3.97. The van der Waals surface area contributed by atoms with Crippen molar-refractivity contribution in [2.75, 3.05) is 13.7 Å². The van der Waals surface area contributed by atoms with E-state index < -0.39 is 42.3 Å². The Balaban J connectivity index is 1.32. The standard InChI is InChI=1S/C37H38O8/c1-39-36(38)35-37(45-35)34(43-25-30-20-12-5-13-21-30)33(42-24-29-18-10-4-11-19-29)32(41-23-28-16-8-3-9-17-28)31(44-37)26-40-22-27-14-6-2-7-15-27/h2-21,31-35H,22-26H2,1H3/t31?,32-,33?,34?,35?,37-/m1/s1. The number of carbonyl (C=O) groups is 1. The molecule has 45 heavy (non-hydrogen) atoms. The maximum atomic E-state index is 12.9. The molecule has 6 rings (SSSR count). The molecule has 0 radical (unpaired) electrons. The maximum Gasteiger partial charge on any atom is 0.340 e. The first-order valence-electron chi connectivity index (χ1n) is 15.2. The number of ether oxygens (including phenoxy) is 7. The Labute approximate surface area is 263 Å². The van der Waals surface area contributed by atoms with Gasteiger partial charge in [0.25, 0.3) is 0 Å². The molecule has 2 saturated heterocycles. The summed E-state index contributed by atoms with van der Waals surface area (Å²) >= 11 is 0. The number of hydrogen-bond donors (Lipinski definition) is 0. The zero-order valence-corrected chi connectivity index (χ0v) is 25.2. The van der Waals surface area contributed by atoms with Crippen molar-refractivity contribution in [1.82, 2.24) is 0 Å². The lowest BCUT2D eigenvalue weighted by Crippen LogP contribution is -2.64. The topological polar surface area (TPSA) is 85.0 Å². The Kier molecular flexibility index (Phi) is 10.3. The third kappa shape index (κ3) is 7.68. The first-order valence-corrected chi connectivity index (χ1v) is 15.2. The molecular formula is C37H38O8. The summed E-state index contributed by atoms with van der Waals surface area (Å²) in [5, 5.41) is 0. The molecule has 4 aromatic carbocycles. The van der Waals surface area contributed by atoms with Crippen molar-refractivity contribution in [2.24, 2.45) is 0 Å². The summed E-state index contributed by atoms with van der Waals surface area (Å²) in [7, 11) is 1.33. The lowest BCUT2D eigenvalue weighted by Gasteiger charge is -2.45. The van der Waals surface area contributed by atoms with Gasteiger partial charge in [0.05, 0.1) is 40.1 Å². The second kappa shape index (κ2) is 14.9. The molecule has 0 aliphatic carbocycles. The van der Waals surface area contributed by atoms with E-state index in [2.05, 4.69) is 0 Å². The molecule has 234 valence electrons. The number of carbonyl (C=O) groups excluding carboxylic acids is 1. The first-order chi connectivity index (χ1) is 22.2. The minimum atomic E-state index is -1.43. The van der Waals surface area contributed by atoms with E-state index in [1.54, 1.807) is 0 Å². The normalized spacial score (nSPS) is 25.6. The van der Waals surface area contributed by atoms with E-state index in [1.807, 2.05) is 121 Å². The summed E-state index contributed by atoms with van der Waals surface area (Å²) in [6, 6.07) is 39.5. The molecular weight excluding hydrogens is 572 g/mol. The van der Waals surface area contributed by atoms with Crippen LogP contribution < -0.4 is 0 Å². The average molecular weight is 611 g/mol. The smallest absolute Gasteiger partial charge is 0.340 e. The summed E-state index contributed by atoms with van der Waals surface area (Å²) in [6.07, 6.45) is -3.77. The molecule has 0 N–H and O–H groups in total. The zero-order valence-electron chi connectivity index (χ0n) is 25.2. The minimum absolute atomic E-state index is 0.171. The van der Waals surface area contributed by atoms with Crippen LogP contribution in [-0.4, -0.2) is 56.0 Å². The highest BCUT2D eigenvalue weighted by molar-refractivity contribution is 5.79. The number of methoxy groups -OCH3 is 1. The predicted octanol–water partition coefficient (Wildman–Crippen LogP) is 5.63. The molecule has 2 aliphatic rings. The van der Waals surface area contributed by atoms with Crippen molar-refractivity contribution < 1.29 is 38.0 Å². The third-order valence-electron chi connectivity index (χ3n) is 7.98. The lowest BCUT2D eigenvalue weighted by molar-refractivity contribution is -0.304. The monoisotopic (exact) mass is 610 g/mol. The molecule has 2 fully saturated rings. The van der Waals surface area contributed by atoms with E-state index in [1.165, 1.54) is 7.11 Å². The largest absolute Gasteiger partial charge is 0.467 e. The minimum Gasteiger partial charge on any atom is -0.467 e. The third-order valence-corrected chi connectivity index (χ3v) is 7.98. The molecule has 4 aromatic rings. The summed E-state index contributed by atoms with van der Waals surface area (Å²) in [6.45, 7) is 1.40. The highest BCUT2D eigenvalue weighted by atomic mass is 16.8. The second-order valence-corrected chi connectivity index (χ2v) is 11.1. The van der Waals surface area contributed by atoms with Gasteiger partial charge in [-0.3, -0.25) is 0 Å². The van der Waals surface area contributed by atoms with Crippen molar-refractivity contribution in [1.29, 1.82) is 0 Å². The Morgan fingerprint density at radius 1 is 0.600 bits per heavy atom.